The summed E-state index contributed by atoms with van der Waals surface area (Å²) in [6, 6.07) is 5.86. The van der Waals surface area contributed by atoms with Crippen LogP contribution in [0.5, 0.6) is 5.75 Å². The number of benzene rings is 1. The lowest BCUT2D eigenvalue weighted by atomic mass is 9.95. The SMILES string of the molecule is COc1ccc(Cl)cc1CN1CCCC(CCBr)C1. The molecular formula is C15H21BrClNO. The fourth-order valence-electron chi connectivity index (χ4n) is 2.80. The average molecular weight is 347 g/mol. The first-order valence-electron chi connectivity index (χ1n) is 6.83. The zero-order valence-electron chi connectivity index (χ0n) is 11.4. The first-order valence-corrected chi connectivity index (χ1v) is 8.33. The molecule has 1 unspecified atom stereocenters. The molecule has 0 amide bonds. The van der Waals surface area contributed by atoms with Crippen LogP contribution in [-0.4, -0.2) is 30.4 Å². The van der Waals surface area contributed by atoms with Gasteiger partial charge in [-0.2, -0.15) is 0 Å². The summed E-state index contributed by atoms with van der Waals surface area (Å²) in [5, 5.41) is 1.89. The van der Waals surface area contributed by atoms with Crippen LogP contribution in [0.25, 0.3) is 0 Å². The quantitative estimate of drug-likeness (QED) is 0.735. The van der Waals surface area contributed by atoms with Crippen molar-refractivity contribution < 1.29 is 4.74 Å². The number of piperidine rings is 1. The monoisotopic (exact) mass is 345 g/mol. The Bertz CT molecular complexity index is 411. The minimum Gasteiger partial charge on any atom is -0.496 e. The van der Waals surface area contributed by atoms with Crippen LogP contribution in [0.1, 0.15) is 24.8 Å². The molecule has 1 aromatic rings. The van der Waals surface area contributed by atoms with Gasteiger partial charge in [0.15, 0.2) is 0 Å². The molecule has 4 heteroatoms. The van der Waals surface area contributed by atoms with Gasteiger partial charge in [0, 0.05) is 29.0 Å². The summed E-state index contributed by atoms with van der Waals surface area (Å²) in [5.74, 6) is 1.75. The fourth-order valence-corrected chi connectivity index (χ4v) is 3.64. The van der Waals surface area contributed by atoms with Crippen LogP contribution in [0.3, 0.4) is 0 Å². The Morgan fingerprint density at radius 1 is 1.47 bits per heavy atom. The summed E-state index contributed by atoms with van der Waals surface area (Å²) < 4.78 is 5.42. The molecule has 2 nitrogen and oxygen atoms in total. The van der Waals surface area contributed by atoms with Gasteiger partial charge in [-0.05, 0) is 49.9 Å². The molecule has 1 fully saturated rings. The first-order chi connectivity index (χ1) is 9.22. The highest BCUT2D eigenvalue weighted by atomic mass is 79.9. The second kappa shape index (κ2) is 7.51. The van der Waals surface area contributed by atoms with Crippen molar-refractivity contribution in [3.05, 3.63) is 28.8 Å². The standard InChI is InChI=1S/C15H21BrClNO/c1-19-15-5-4-14(17)9-13(15)11-18-8-2-3-12(10-18)6-7-16/h4-5,9,12H,2-3,6-8,10-11H2,1H3. The molecule has 0 aliphatic carbocycles. The maximum Gasteiger partial charge on any atom is 0.123 e. The number of hydrogen-bond acceptors (Lipinski definition) is 2. The van der Waals surface area contributed by atoms with Crippen molar-refractivity contribution >= 4 is 27.5 Å². The van der Waals surface area contributed by atoms with E-state index in [2.05, 4.69) is 20.8 Å². The number of ether oxygens (including phenoxy) is 1. The van der Waals surface area contributed by atoms with E-state index in [0.29, 0.717) is 0 Å². The van der Waals surface area contributed by atoms with Crippen LogP contribution in [-0.2, 0) is 6.54 Å². The summed E-state index contributed by atoms with van der Waals surface area (Å²) in [4.78, 5) is 2.52. The second-order valence-corrected chi connectivity index (χ2v) is 6.41. The molecule has 19 heavy (non-hydrogen) atoms. The molecule has 2 rings (SSSR count). The first kappa shape index (κ1) is 15.1. The highest BCUT2D eigenvalue weighted by molar-refractivity contribution is 9.09. The Morgan fingerprint density at radius 3 is 3.05 bits per heavy atom. The van der Waals surface area contributed by atoms with E-state index < -0.39 is 0 Å². The minimum absolute atomic E-state index is 0.782. The lowest BCUT2D eigenvalue weighted by molar-refractivity contribution is 0.164. The molecule has 1 atom stereocenters. The Balaban J connectivity index is 2.01. The number of alkyl halides is 1. The van der Waals surface area contributed by atoms with Gasteiger partial charge in [0.25, 0.3) is 0 Å². The van der Waals surface area contributed by atoms with E-state index >= 15 is 0 Å². The third-order valence-corrected chi connectivity index (χ3v) is 4.45. The zero-order valence-corrected chi connectivity index (χ0v) is 13.7. The summed E-state index contributed by atoms with van der Waals surface area (Å²) in [6.45, 7) is 3.29. The lowest BCUT2D eigenvalue weighted by Gasteiger charge is -2.32. The third-order valence-electron chi connectivity index (χ3n) is 3.76. The van der Waals surface area contributed by atoms with E-state index in [1.54, 1.807) is 7.11 Å². The molecule has 0 radical (unpaired) electrons. The predicted molar refractivity (Wildman–Crippen MR) is 84.4 cm³/mol. The molecule has 1 aromatic carbocycles. The maximum absolute atomic E-state index is 6.09. The summed E-state index contributed by atoms with van der Waals surface area (Å²) in [5.41, 5.74) is 1.19. The Morgan fingerprint density at radius 2 is 2.32 bits per heavy atom. The molecule has 1 heterocycles. The fraction of sp³-hybridized carbons (Fsp3) is 0.600. The van der Waals surface area contributed by atoms with Gasteiger partial charge in [-0.15, -0.1) is 0 Å². The number of nitrogens with zero attached hydrogens (tertiary/aromatic N) is 1. The van der Waals surface area contributed by atoms with Gasteiger partial charge in [-0.3, -0.25) is 4.90 Å². The molecule has 0 saturated carbocycles. The van der Waals surface area contributed by atoms with Crippen molar-refractivity contribution in [3.8, 4) is 5.75 Å². The van der Waals surface area contributed by atoms with Crippen molar-refractivity contribution in [2.45, 2.75) is 25.8 Å². The van der Waals surface area contributed by atoms with Crippen LogP contribution < -0.4 is 4.74 Å². The van der Waals surface area contributed by atoms with Gasteiger partial charge in [0.1, 0.15) is 5.75 Å². The van der Waals surface area contributed by atoms with Crippen LogP contribution in [0.2, 0.25) is 5.02 Å². The molecule has 1 aliphatic heterocycles. The van der Waals surface area contributed by atoms with Crippen molar-refractivity contribution in [1.29, 1.82) is 0 Å². The molecule has 0 N–H and O–H groups in total. The van der Waals surface area contributed by atoms with E-state index in [0.717, 1.165) is 28.6 Å². The van der Waals surface area contributed by atoms with Gasteiger partial charge in [-0.1, -0.05) is 27.5 Å². The van der Waals surface area contributed by atoms with Gasteiger partial charge < -0.3 is 4.74 Å². The van der Waals surface area contributed by atoms with Crippen LogP contribution in [0.4, 0.5) is 0 Å². The van der Waals surface area contributed by atoms with Crippen molar-refractivity contribution in [3.63, 3.8) is 0 Å². The van der Waals surface area contributed by atoms with Crippen LogP contribution >= 0.6 is 27.5 Å². The van der Waals surface area contributed by atoms with Gasteiger partial charge in [-0.25, -0.2) is 0 Å². The smallest absolute Gasteiger partial charge is 0.123 e. The molecule has 1 aliphatic rings. The summed E-state index contributed by atoms with van der Waals surface area (Å²) >= 11 is 9.64. The molecule has 0 spiro atoms. The Kier molecular flexibility index (Phi) is 5.99. The normalized spacial score (nSPS) is 20.5. The topological polar surface area (TPSA) is 12.5 Å². The van der Waals surface area contributed by atoms with E-state index in [1.807, 2.05) is 18.2 Å². The van der Waals surface area contributed by atoms with E-state index in [-0.39, 0.29) is 0 Å². The number of likely N-dealkylation sites (tertiary alicyclic amines) is 1. The van der Waals surface area contributed by atoms with Crippen molar-refractivity contribution in [1.82, 2.24) is 4.90 Å². The van der Waals surface area contributed by atoms with Crippen molar-refractivity contribution in [2.75, 3.05) is 25.5 Å². The number of methoxy groups -OCH3 is 1. The van der Waals surface area contributed by atoms with Gasteiger partial charge in [0.2, 0.25) is 0 Å². The van der Waals surface area contributed by atoms with Crippen molar-refractivity contribution in [2.24, 2.45) is 5.92 Å². The Hall–Kier alpha value is -0.250. The van der Waals surface area contributed by atoms with Crippen LogP contribution in [0, 0.1) is 5.92 Å². The molecule has 1 saturated heterocycles. The lowest BCUT2D eigenvalue weighted by Crippen LogP contribution is -2.35. The highest BCUT2D eigenvalue weighted by Crippen LogP contribution is 2.27. The summed E-state index contributed by atoms with van der Waals surface area (Å²) in [6.07, 6.45) is 3.92. The second-order valence-electron chi connectivity index (χ2n) is 5.18. The molecule has 0 bridgehead atoms. The molecule has 0 aromatic heterocycles. The number of hydrogen-bond donors (Lipinski definition) is 0. The Labute approximate surface area is 129 Å². The third kappa shape index (κ3) is 4.37. The maximum atomic E-state index is 6.09. The van der Waals surface area contributed by atoms with E-state index in [1.165, 1.54) is 37.9 Å². The number of halogens is 2. The zero-order chi connectivity index (χ0) is 13.7. The predicted octanol–water partition coefficient (Wildman–Crippen LogP) is 4.35. The van der Waals surface area contributed by atoms with E-state index in [9.17, 15) is 0 Å². The van der Waals surface area contributed by atoms with Crippen LogP contribution in [0.15, 0.2) is 18.2 Å². The molecule has 106 valence electrons. The minimum atomic E-state index is 0.782. The van der Waals surface area contributed by atoms with E-state index in [4.69, 9.17) is 16.3 Å². The molecular weight excluding hydrogens is 326 g/mol. The van der Waals surface area contributed by atoms with Gasteiger partial charge in [0.05, 0.1) is 7.11 Å². The number of rotatable bonds is 5. The summed E-state index contributed by atoms with van der Waals surface area (Å²) in [7, 11) is 1.72. The highest BCUT2D eigenvalue weighted by Gasteiger charge is 2.20. The van der Waals surface area contributed by atoms with Gasteiger partial charge >= 0.3 is 0 Å². The largest absolute Gasteiger partial charge is 0.496 e. The average Bonchev–Trinajstić information content (AvgIpc) is 2.40.